The first-order valence-corrected chi connectivity index (χ1v) is 7.21. The molecule has 124 valence electrons. The van der Waals surface area contributed by atoms with Gasteiger partial charge in [0, 0.05) is 6.04 Å². The molecule has 0 saturated carbocycles. The molecular weight excluding hydrogens is 311 g/mol. The zero-order valence-corrected chi connectivity index (χ0v) is 12.6. The minimum Gasteiger partial charge on any atom is -0.308 e. The molecule has 0 radical (unpaired) electrons. The van der Waals surface area contributed by atoms with Crippen LogP contribution < -0.4 is 5.32 Å². The fourth-order valence-electron chi connectivity index (χ4n) is 2.81. The van der Waals surface area contributed by atoms with Crippen LogP contribution in [-0.4, -0.2) is 45.6 Å². The average Bonchev–Trinajstić information content (AvgIpc) is 3.03. The van der Waals surface area contributed by atoms with Gasteiger partial charge in [-0.15, -0.1) is 0 Å². The molecule has 1 aliphatic rings. The van der Waals surface area contributed by atoms with Crippen LogP contribution >= 0.6 is 0 Å². The van der Waals surface area contributed by atoms with Crippen molar-refractivity contribution in [3.63, 3.8) is 0 Å². The number of halogens is 3. The van der Waals surface area contributed by atoms with Crippen molar-refractivity contribution in [2.45, 2.75) is 25.6 Å². The number of H-pyrrole nitrogens is 1. The SMILES string of the molecule is C[C@@H]1[C@H](C(=O)Nc2n[nH]c3nc(C(F)(F)F)ccc23)CCN1C. The summed E-state index contributed by atoms with van der Waals surface area (Å²) in [5.41, 5.74) is -1.01. The lowest BCUT2D eigenvalue weighted by Crippen LogP contribution is -2.33. The fraction of sp³-hybridized carbons (Fsp3) is 0.500. The molecule has 0 aromatic carbocycles. The maximum absolute atomic E-state index is 12.6. The Labute approximate surface area is 130 Å². The average molecular weight is 327 g/mol. The van der Waals surface area contributed by atoms with Gasteiger partial charge in [-0.3, -0.25) is 9.89 Å². The van der Waals surface area contributed by atoms with Gasteiger partial charge in [-0.1, -0.05) is 0 Å². The molecule has 2 aromatic rings. The number of carbonyl (C=O) groups excluding carboxylic acids is 1. The van der Waals surface area contributed by atoms with Gasteiger partial charge in [-0.2, -0.15) is 18.3 Å². The van der Waals surface area contributed by atoms with E-state index in [1.54, 1.807) is 0 Å². The summed E-state index contributed by atoms with van der Waals surface area (Å²) in [6, 6.07) is 2.24. The van der Waals surface area contributed by atoms with Crippen LogP contribution in [0, 0.1) is 5.92 Å². The second-order valence-corrected chi connectivity index (χ2v) is 5.77. The van der Waals surface area contributed by atoms with E-state index in [2.05, 4.69) is 25.4 Å². The Morgan fingerprint density at radius 3 is 2.78 bits per heavy atom. The summed E-state index contributed by atoms with van der Waals surface area (Å²) < 4.78 is 37.9. The number of amides is 1. The van der Waals surface area contributed by atoms with Gasteiger partial charge in [0.1, 0.15) is 5.69 Å². The lowest BCUT2D eigenvalue weighted by Gasteiger charge is -2.19. The molecule has 2 atom stereocenters. The molecule has 1 amide bonds. The van der Waals surface area contributed by atoms with Gasteiger partial charge in [0.2, 0.25) is 5.91 Å². The standard InChI is InChI=1S/C14H16F3N5O/c1-7-8(5-6-22(7)2)13(23)19-12-9-3-4-10(14(15,16)17)18-11(9)20-21-12/h3-4,7-8H,5-6H2,1-2H3,(H2,18,19,20,21,23)/t7-,8-/m1/s1. The first kappa shape index (κ1) is 15.7. The van der Waals surface area contributed by atoms with E-state index in [4.69, 9.17) is 0 Å². The van der Waals surface area contributed by atoms with E-state index in [1.807, 2.05) is 14.0 Å². The quantitative estimate of drug-likeness (QED) is 0.887. The van der Waals surface area contributed by atoms with Crippen molar-refractivity contribution in [1.82, 2.24) is 20.1 Å². The molecule has 1 saturated heterocycles. The molecule has 0 aliphatic carbocycles. The molecule has 23 heavy (non-hydrogen) atoms. The molecule has 9 heteroatoms. The van der Waals surface area contributed by atoms with Gasteiger partial charge in [-0.25, -0.2) is 4.98 Å². The van der Waals surface area contributed by atoms with E-state index in [9.17, 15) is 18.0 Å². The molecule has 1 fully saturated rings. The van der Waals surface area contributed by atoms with Crippen LogP contribution in [0.4, 0.5) is 19.0 Å². The van der Waals surface area contributed by atoms with Gasteiger partial charge in [0.25, 0.3) is 0 Å². The van der Waals surface area contributed by atoms with E-state index in [0.29, 0.717) is 5.39 Å². The summed E-state index contributed by atoms with van der Waals surface area (Å²) in [6.45, 7) is 2.80. The third kappa shape index (κ3) is 2.88. The molecule has 2 N–H and O–H groups in total. The number of carbonyl (C=O) groups is 1. The Bertz CT molecular complexity index is 742. The fourth-order valence-corrected chi connectivity index (χ4v) is 2.81. The number of fused-ring (bicyclic) bond motifs is 1. The highest BCUT2D eigenvalue weighted by molar-refractivity contribution is 5.99. The summed E-state index contributed by atoms with van der Waals surface area (Å²) >= 11 is 0. The number of alkyl halides is 3. The lowest BCUT2D eigenvalue weighted by atomic mass is 10.0. The Morgan fingerprint density at radius 1 is 1.43 bits per heavy atom. The molecule has 1 aliphatic heterocycles. The molecular formula is C14H16F3N5O. The number of pyridine rings is 1. The number of aromatic amines is 1. The Balaban J connectivity index is 1.83. The smallest absolute Gasteiger partial charge is 0.308 e. The number of anilines is 1. The summed E-state index contributed by atoms with van der Waals surface area (Å²) in [6.07, 6.45) is -3.78. The van der Waals surface area contributed by atoms with Crippen LogP contribution in [0.15, 0.2) is 12.1 Å². The lowest BCUT2D eigenvalue weighted by molar-refractivity contribution is -0.141. The van der Waals surface area contributed by atoms with Crippen LogP contribution in [0.3, 0.4) is 0 Å². The normalized spacial score (nSPS) is 22.7. The maximum Gasteiger partial charge on any atom is 0.433 e. The third-order valence-electron chi connectivity index (χ3n) is 4.36. The van der Waals surface area contributed by atoms with E-state index in [-0.39, 0.29) is 29.3 Å². The van der Waals surface area contributed by atoms with Crippen molar-refractivity contribution in [2.75, 3.05) is 18.9 Å². The summed E-state index contributed by atoms with van der Waals surface area (Å²) in [5.74, 6) is -0.155. The van der Waals surface area contributed by atoms with Crippen LogP contribution in [0.2, 0.25) is 0 Å². The number of nitrogens with zero attached hydrogens (tertiary/aromatic N) is 3. The number of hydrogen-bond acceptors (Lipinski definition) is 4. The first-order chi connectivity index (χ1) is 10.8. The molecule has 3 rings (SSSR count). The summed E-state index contributed by atoms with van der Waals surface area (Å²) in [5, 5.41) is 9.34. The number of likely N-dealkylation sites (tertiary alicyclic amines) is 1. The number of rotatable bonds is 2. The van der Waals surface area contributed by atoms with Crippen LogP contribution in [0.5, 0.6) is 0 Å². The first-order valence-electron chi connectivity index (χ1n) is 7.21. The number of hydrogen-bond donors (Lipinski definition) is 2. The minimum absolute atomic E-state index is 0.00767. The highest BCUT2D eigenvalue weighted by Crippen LogP contribution is 2.30. The molecule has 0 spiro atoms. The van der Waals surface area contributed by atoms with Gasteiger partial charge in [0.05, 0.1) is 11.3 Å². The molecule has 6 nitrogen and oxygen atoms in total. The zero-order chi connectivity index (χ0) is 16.8. The Hall–Kier alpha value is -2.16. The van der Waals surface area contributed by atoms with Crippen molar-refractivity contribution < 1.29 is 18.0 Å². The van der Waals surface area contributed by atoms with Crippen molar-refractivity contribution in [1.29, 1.82) is 0 Å². The Kier molecular flexibility index (Phi) is 3.75. The zero-order valence-electron chi connectivity index (χ0n) is 12.6. The van der Waals surface area contributed by atoms with E-state index in [0.717, 1.165) is 19.0 Å². The highest BCUT2D eigenvalue weighted by Gasteiger charge is 2.35. The van der Waals surface area contributed by atoms with Crippen LogP contribution in [0.25, 0.3) is 11.0 Å². The number of aromatic nitrogens is 3. The van der Waals surface area contributed by atoms with Gasteiger partial charge in [0.15, 0.2) is 11.5 Å². The van der Waals surface area contributed by atoms with Gasteiger partial charge < -0.3 is 10.2 Å². The van der Waals surface area contributed by atoms with E-state index in [1.165, 1.54) is 6.07 Å². The predicted octanol–water partition coefficient (Wildman–Crippen LogP) is 2.26. The second-order valence-electron chi connectivity index (χ2n) is 5.77. The van der Waals surface area contributed by atoms with Gasteiger partial charge in [-0.05, 0) is 39.1 Å². The topological polar surface area (TPSA) is 73.9 Å². The van der Waals surface area contributed by atoms with Crippen molar-refractivity contribution in [2.24, 2.45) is 5.92 Å². The van der Waals surface area contributed by atoms with Crippen molar-refractivity contribution >= 4 is 22.8 Å². The van der Waals surface area contributed by atoms with E-state index < -0.39 is 11.9 Å². The van der Waals surface area contributed by atoms with Crippen LogP contribution in [-0.2, 0) is 11.0 Å². The molecule has 2 aromatic heterocycles. The summed E-state index contributed by atoms with van der Waals surface area (Å²) in [7, 11) is 1.95. The molecule has 3 heterocycles. The Morgan fingerprint density at radius 2 is 2.17 bits per heavy atom. The van der Waals surface area contributed by atoms with Gasteiger partial charge >= 0.3 is 6.18 Å². The minimum atomic E-state index is -4.52. The van der Waals surface area contributed by atoms with E-state index >= 15 is 0 Å². The monoisotopic (exact) mass is 327 g/mol. The van der Waals surface area contributed by atoms with Crippen LogP contribution in [0.1, 0.15) is 19.0 Å². The second kappa shape index (κ2) is 5.48. The van der Waals surface area contributed by atoms with Crippen molar-refractivity contribution in [3.8, 4) is 0 Å². The largest absolute Gasteiger partial charge is 0.433 e. The predicted molar refractivity (Wildman–Crippen MR) is 77.7 cm³/mol. The number of nitrogens with one attached hydrogen (secondary N) is 2. The highest BCUT2D eigenvalue weighted by atomic mass is 19.4. The van der Waals surface area contributed by atoms with Crippen molar-refractivity contribution in [3.05, 3.63) is 17.8 Å². The molecule has 0 bridgehead atoms. The summed E-state index contributed by atoms with van der Waals surface area (Å²) in [4.78, 5) is 17.9. The third-order valence-corrected chi connectivity index (χ3v) is 4.36. The maximum atomic E-state index is 12.6. The molecule has 0 unspecified atom stereocenters.